The van der Waals surface area contributed by atoms with Crippen LogP contribution in [0.5, 0.6) is 0 Å². The number of rotatable bonds is 2. The Morgan fingerprint density at radius 3 is 2.69 bits per heavy atom. The maximum absolute atomic E-state index is 8.82. The zero-order chi connectivity index (χ0) is 9.14. The molecule has 0 aliphatic heterocycles. The van der Waals surface area contributed by atoms with Gasteiger partial charge in [-0.15, -0.1) is 12.4 Å². The molecule has 0 amide bonds. The van der Waals surface area contributed by atoms with Crippen LogP contribution >= 0.6 is 24.0 Å². The van der Waals surface area contributed by atoms with Crippen molar-refractivity contribution < 1.29 is 5.11 Å². The Bertz CT molecular complexity index is 278. The van der Waals surface area contributed by atoms with Crippen molar-refractivity contribution >= 4 is 24.0 Å². The van der Waals surface area contributed by atoms with Crippen LogP contribution in [-0.2, 0) is 0 Å². The molecule has 13 heavy (non-hydrogen) atoms. The summed E-state index contributed by atoms with van der Waals surface area (Å²) < 4.78 is 0. The second-order valence-corrected chi connectivity index (χ2v) is 3.15. The standard InChI is InChI=1S/C9H12ClNO.ClH/c1-6-3-2-4-7(9(6)10)8(11)5-12;/h2-4,8,12H,5,11H2,1H3;1H/t8-;/m0./s1. The highest BCUT2D eigenvalue weighted by atomic mass is 35.5. The van der Waals surface area contributed by atoms with Crippen LogP contribution in [0, 0.1) is 6.92 Å². The Labute approximate surface area is 89.1 Å². The summed E-state index contributed by atoms with van der Waals surface area (Å²) >= 11 is 5.98. The van der Waals surface area contributed by atoms with Crippen molar-refractivity contribution in [3.63, 3.8) is 0 Å². The lowest BCUT2D eigenvalue weighted by Crippen LogP contribution is -2.15. The van der Waals surface area contributed by atoms with E-state index in [1.165, 1.54) is 0 Å². The van der Waals surface area contributed by atoms with E-state index in [1.54, 1.807) is 0 Å². The van der Waals surface area contributed by atoms with E-state index in [0.717, 1.165) is 11.1 Å². The fourth-order valence-corrected chi connectivity index (χ4v) is 1.32. The average molecular weight is 222 g/mol. The highest BCUT2D eigenvalue weighted by Gasteiger charge is 2.09. The maximum Gasteiger partial charge on any atom is 0.0624 e. The predicted octanol–water partition coefficient (Wildman–Crippen LogP) is 2.06. The van der Waals surface area contributed by atoms with Gasteiger partial charge in [-0.2, -0.15) is 0 Å². The molecule has 4 heteroatoms. The van der Waals surface area contributed by atoms with Gasteiger partial charge in [0.25, 0.3) is 0 Å². The molecule has 0 saturated heterocycles. The smallest absolute Gasteiger partial charge is 0.0624 e. The molecule has 0 bridgehead atoms. The highest BCUT2D eigenvalue weighted by molar-refractivity contribution is 6.32. The molecule has 0 fully saturated rings. The number of benzene rings is 1. The fourth-order valence-electron chi connectivity index (χ4n) is 1.05. The van der Waals surface area contributed by atoms with Crippen molar-refractivity contribution in [2.24, 2.45) is 5.73 Å². The number of aryl methyl sites for hydroxylation is 1. The van der Waals surface area contributed by atoms with Gasteiger partial charge < -0.3 is 10.8 Å². The molecule has 1 atom stereocenters. The third kappa shape index (κ3) is 2.85. The van der Waals surface area contributed by atoms with Gasteiger partial charge in [0.1, 0.15) is 0 Å². The Hall–Kier alpha value is -0.280. The molecule has 0 aliphatic rings. The van der Waals surface area contributed by atoms with Gasteiger partial charge >= 0.3 is 0 Å². The molecular weight excluding hydrogens is 209 g/mol. The molecule has 0 unspecified atom stereocenters. The highest BCUT2D eigenvalue weighted by Crippen LogP contribution is 2.24. The molecule has 1 aromatic rings. The van der Waals surface area contributed by atoms with E-state index in [2.05, 4.69) is 0 Å². The number of aliphatic hydroxyl groups is 1. The third-order valence-corrected chi connectivity index (χ3v) is 2.33. The van der Waals surface area contributed by atoms with Crippen molar-refractivity contribution in [2.45, 2.75) is 13.0 Å². The molecule has 0 spiro atoms. The van der Waals surface area contributed by atoms with Gasteiger partial charge in [0.05, 0.1) is 12.6 Å². The first-order chi connectivity index (χ1) is 5.66. The summed E-state index contributed by atoms with van der Waals surface area (Å²) in [5, 5.41) is 9.47. The normalized spacial score (nSPS) is 12.0. The van der Waals surface area contributed by atoms with Crippen LogP contribution in [0.15, 0.2) is 18.2 Å². The van der Waals surface area contributed by atoms with Crippen LogP contribution in [0.3, 0.4) is 0 Å². The summed E-state index contributed by atoms with van der Waals surface area (Å²) in [6, 6.07) is 5.25. The van der Waals surface area contributed by atoms with E-state index >= 15 is 0 Å². The minimum atomic E-state index is -0.377. The second-order valence-electron chi connectivity index (χ2n) is 2.77. The largest absolute Gasteiger partial charge is 0.394 e. The number of hydrogen-bond acceptors (Lipinski definition) is 2. The predicted molar refractivity (Wildman–Crippen MR) is 57.5 cm³/mol. The quantitative estimate of drug-likeness (QED) is 0.804. The van der Waals surface area contributed by atoms with Crippen LogP contribution in [-0.4, -0.2) is 11.7 Å². The zero-order valence-electron chi connectivity index (χ0n) is 7.33. The Balaban J connectivity index is 0.00000144. The average Bonchev–Trinajstić information content (AvgIpc) is 2.08. The lowest BCUT2D eigenvalue weighted by molar-refractivity contribution is 0.268. The summed E-state index contributed by atoms with van der Waals surface area (Å²) in [6.07, 6.45) is 0. The summed E-state index contributed by atoms with van der Waals surface area (Å²) in [5.41, 5.74) is 7.42. The molecule has 1 aromatic carbocycles. The molecule has 74 valence electrons. The molecule has 0 saturated carbocycles. The van der Waals surface area contributed by atoms with Gasteiger partial charge in [0, 0.05) is 5.02 Å². The Kier molecular flexibility index (Phi) is 5.33. The second kappa shape index (κ2) is 5.45. The van der Waals surface area contributed by atoms with Gasteiger partial charge in [-0.1, -0.05) is 29.8 Å². The minimum Gasteiger partial charge on any atom is -0.394 e. The van der Waals surface area contributed by atoms with Gasteiger partial charge in [-0.25, -0.2) is 0 Å². The first kappa shape index (κ1) is 12.7. The summed E-state index contributed by atoms with van der Waals surface area (Å²) in [7, 11) is 0. The van der Waals surface area contributed by atoms with Crippen molar-refractivity contribution in [3.05, 3.63) is 34.3 Å². The van der Waals surface area contributed by atoms with Gasteiger partial charge in [0.15, 0.2) is 0 Å². The van der Waals surface area contributed by atoms with Gasteiger partial charge in [-0.3, -0.25) is 0 Å². The lowest BCUT2D eigenvalue weighted by atomic mass is 10.1. The number of nitrogens with two attached hydrogens (primary N) is 1. The van der Waals surface area contributed by atoms with Crippen LogP contribution in [0.4, 0.5) is 0 Å². The first-order valence-corrected chi connectivity index (χ1v) is 4.16. The molecule has 0 radical (unpaired) electrons. The van der Waals surface area contributed by atoms with E-state index in [4.69, 9.17) is 22.4 Å². The van der Waals surface area contributed by atoms with E-state index in [9.17, 15) is 0 Å². The van der Waals surface area contributed by atoms with E-state index in [1.807, 2.05) is 25.1 Å². The topological polar surface area (TPSA) is 46.2 Å². The number of aliphatic hydroxyl groups excluding tert-OH is 1. The van der Waals surface area contributed by atoms with Crippen molar-refractivity contribution in [1.29, 1.82) is 0 Å². The monoisotopic (exact) mass is 221 g/mol. The molecule has 1 rings (SSSR count). The zero-order valence-corrected chi connectivity index (χ0v) is 8.90. The summed E-state index contributed by atoms with van der Waals surface area (Å²) in [4.78, 5) is 0. The first-order valence-electron chi connectivity index (χ1n) is 3.78. The lowest BCUT2D eigenvalue weighted by Gasteiger charge is -2.11. The van der Waals surface area contributed by atoms with Crippen LogP contribution < -0.4 is 5.73 Å². The van der Waals surface area contributed by atoms with Crippen molar-refractivity contribution in [2.75, 3.05) is 6.61 Å². The molecule has 0 aliphatic carbocycles. The maximum atomic E-state index is 8.82. The molecule has 0 heterocycles. The number of hydrogen-bond donors (Lipinski definition) is 2. The van der Waals surface area contributed by atoms with E-state index in [0.29, 0.717) is 5.02 Å². The van der Waals surface area contributed by atoms with Crippen LogP contribution in [0.1, 0.15) is 17.2 Å². The van der Waals surface area contributed by atoms with E-state index < -0.39 is 0 Å². The van der Waals surface area contributed by atoms with Crippen molar-refractivity contribution in [3.8, 4) is 0 Å². The minimum absolute atomic E-state index is 0. The van der Waals surface area contributed by atoms with Gasteiger partial charge in [0.2, 0.25) is 0 Å². The number of halogens is 2. The van der Waals surface area contributed by atoms with Gasteiger partial charge in [-0.05, 0) is 18.1 Å². The summed E-state index contributed by atoms with van der Waals surface area (Å²) in [5.74, 6) is 0. The molecule has 0 aromatic heterocycles. The molecular formula is C9H13Cl2NO. The van der Waals surface area contributed by atoms with Crippen LogP contribution in [0.25, 0.3) is 0 Å². The Morgan fingerprint density at radius 2 is 2.15 bits per heavy atom. The fraction of sp³-hybridized carbons (Fsp3) is 0.333. The Morgan fingerprint density at radius 1 is 1.54 bits per heavy atom. The van der Waals surface area contributed by atoms with Crippen molar-refractivity contribution in [1.82, 2.24) is 0 Å². The van der Waals surface area contributed by atoms with E-state index in [-0.39, 0.29) is 25.1 Å². The SMILES string of the molecule is Cc1cccc([C@@H](N)CO)c1Cl.Cl. The molecule has 2 nitrogen and oxygen atoms in total. The van der Waals surface area contributed by atoms with Crippen LogP contribution in [0.2, 0.25) is 5.02 Å². The molecule has 3 N–H and O–H groups in total. The third-order valence-electron chi connectivity index (χ3n) is 1.82. The summed E-state index contributed by atoms with van der Waals surface area (Å²) in [6.45, 7) is 1.83.